The van der Waals surface area contributed by atoms with Crippen LogP contribution in [0.5, 0.6) is 0 Å². The molecule has 0 N–H and O–H groups in total. The highest BCUT2D eigenvalue weighted by Crippen LogP contribution is 2.25. The van der Waals surface area contributed by atoms with E-state index >= 15 is 0 Å². The van der Waals surface area contributed by atoms with Gasteiger partial charge in [0.1, 0.15) is 0 Å². The summed E-state index contributed by atoms with van der Waals surface area (Å²) in [7, 11) is 0. The third-order valence-electron chi connectivity index (χ3n) is 2.13. The minimum atomic E-state index is 0.652. The van der Waals surface area contributed by atoms with Crippen molar-refractivity contribution in [3.63, 3.8) is 0 Å². The summed E-state index contributed by atoms with van der Waals surface area (Å²) < 4.78 is 0. The van der Waals surface area contributed by atoms with Gasteiger partial charge < -0.3 is 0 Å². The van der Waals surface area contributed by atoms with Gasteiger partial charge in [0, 0.05) is 16.3 Å². The molecule has 0 saturated heterocycles. The molecule has 4 heteroatoms. The SMILES string of the molecule is Cc1cc(C)nc(Sc2cccc(C#N)c2)n1. The second-order valence-corrected chi connectivity index (χ2v) is 4.72. The first-order valence-corrected chi connectivity index (χ1v) is 5.99. The highest BCUT2D eigenvalue weighted by molar-refractivity contribution is 7.99. The number of rotatable bonds is 2. The number of nitriles is 1. The maximum atomic E-state index is 8.83. The second-order valence-electron chi connectivity index (χ2n) is 3.67. The number of hydrogen-bond donors (Lipinski definition) is 0. The molecule has 84 valence electrons. The zero-order valence-corrected chi connectivity index (χ0v) is 10.5. The van der Waals surface area contributed by atoms with E-state index in [1.807, 2.05) is 38.1 Å². The fourth-order valence-corrected chi connectivity index (χ4v) is 2.40. The van der Waals surface area contributed by atoms with Crippen molar-refractivity contribution in [2.75, 3.05) is 0 Å². The highest BCUT2D eigenvalue weighted by Gasteiger charge is 2.03. The van der Waals surface area contributed by atoms with Crippen molar-refractivity contribution < 1.29 is 0 Å². The molecule has 0 aliphatic rings. The summed E-state index contributed by atoms with van der Waals surface area (Å²) in [6.07, 6.45) is 0. The summed E-state index contributed by atoms with van der Waals surface area (Å²) in [5.41, 5.74) is 2.56. The maximum absolute atomic E-state index is 8.83. The van der Waals surface area contributed by atoms with E-state index in [4.69, 9.17) is 5.26 Å². The molecule has 2 aromatic rings. The van der Waals surface area contributed by atoms with Gasteiger partial charge in [-0.25, -0.2) is 9.97 Å². The Morgan fingerprint density at radius 1 is 1.12 bits per heavy atom. The van der Waals surface area contributed by atoms with E-state index in [1.165, 1.54) is 11.8 Å². The van der Waals surface area contributed by atoms with E-state index in [0.717, 1.165) is 21.4 Å². The summed E-state index contributed by atoms with van der Waals surface area (Å²) in [6, 6.07) is 11.5. The molecule has 0 bridgehead atoms. The molecule has 1 heterocycles. The van der Waals surface area contributed by atoms with E-state index in [0.29, 0.717) is 5.56 Å². The molecule has 1 aromatic carbocycles. The topological polar surface area (TPSA) is 49.6 Å². The fraction of sp³-hybridized carbons (Fsp3) is 0.154. The molecule has 2 rings (SSSR count). The zero-order valence-electron chi connectivity index (χ0n) is 9.64. The summed E-state index contributed by atoms with van der Waals surface area (Å²) in [5, 5.41) is 9.55. The summed E-state index contributed by atoms with van der Waals surface area (Å²) >= 11 is 1.47. The molecule has 0 saturated carbocycles. The first kappa shape index (κ1) is 11.6. The lowest BCUT2D eigenvalue weighted by Crippen LogP contribution is -1.92. The summed E-state index contributed by atoms with van der Waals surface area (Å²) in [4.78, 5) is 9.69. The number of aryl methyl sites for hydroxylation is 2. The largest absolute Gasteiger partial charge is 0.228 e. The van der Waals surface area contributed by atoms with E-state index in [2.05, 4.69) is 16.0 Å². The average molecular weight is 241 g/mol. The Kier molecular flexibility index (Phi) is 3.40. The Labute approximate surface area is 105 Å². The van der Waals surface area contributed by atoms with Crippen molar-refractivity contribution >= 4 is 11.8 Å². The molecule has 0 spiro atoms. The standard InChI is InChI=1S/C13H11N3S/c1-9-6-10(2)16-13(15-9)17-12-5-3-4-11(7-12)8-14/h3-7H,1-2H3. The molecule has 0 aliphatic carbocycles. The molecule has 0 amide bonds. The predicted molar refractivity (Wildman–Crippen MR) is 66.8 cm³/mol. The van der Waals surface area contributed by atoms with Crippen LogP contribution in [0.4, 0.5) is 0 Å². The molecule has 0 fully saturated rings. The van der Waals surface area contributed by atoms with Crippen molar-refractivity contribution in [2.45, 2.75) is 23.9 Å². The molecule has 0 aliphatic heterocycles. The molecule has 3 nitrogen and oxygen atoms in total. The zero-order chi connectivity index (χ0) is 12.3. The van der Waals surface area contributed by atoms with Crippen molar-refractivity contribution in [1.82, 2.24) is 9.97 Å². The lowest BCUT2D eigenvalue weighted by atomic mass is 10.2. The Morgan fingerprint density at radius 2 is 1.82 bits per heavy atom. The van der Waals surface area contributed by atoms with Crippen molar-refractivity contribution in [2.24, 2.45) is 0 Å². The molecular formula is C13H11N3S. The Balaban J connectivity index is 2.28. The van der Waals surface area contributed by atoms with Gasteiger partial charge in [-0.3, -0.25) is 0 Å². The average Bonchev–Trinajstić information content (AvgIpc) is 2.28. The van der Waals surface area contributed by atoms with Gasteiger partial charge in [-0.2, -0.15) is 5.26 Å². The maximum Gasteiger partial charge on any atom is 0.192 e. The molecule has 0 unspecified atom stereocenters. The normalized spacial score (nSPS) is 9.94. The van der Waals surface area contributed by atoms with Gasteiger partial charge in [-0.1, -0.05) is 6.07 Å². The summed E-state index contributed by atoms with van der Waals surface area (Å²) in [5.74, 6) is 0. The van der Waals surface area contributed by atoms with Crippen LogP contribution in [-0.4, -0.2) is 9.97 Å². The monoisotopic (exact) mass is 241 g/mol. The number of nitrogens with zero attached hydrogens (tertiary/aromatic N) is 3. The van der Waals surface area contributed by atoms with Gasteiger partial charge >= 0.3 is 0 Å². The van der Waals surface area contributed by atoms with Crippen LogP contribution in [0.2, 0.25) is 0 Å². The highest BCUT2D eigenvalue weighted by atomic mass is 32.2. The number of benzene rings is 1. The Hall–Kier alpha value is -1.86. The van der Waals surface area contributed by atoms with Crippen LogP contribution in [0.3, 0.4) is 0 Å². The molecular weight excluding hydrogens is 230 g/mol. The van der Waals surface area contributed by atoms with Crippen LogP contribution in [0.15, 0.2) is 40.4 Å². The molecule has 1 aromatic heterocycles. The van der Waals surface area contributed by atoms with E-state index < -0.39 is 0 Å². The van der Waals surface area contributed by atoms with Gasteiger partial charge in [0.15, 0.2) is 5.16 Å². The third kappa shape index (κ3) is 3.05. The quantitative estimate of drug-likeness (QED) is 0.758. The van der Waals surface area contributed by atoms with Crippen LogP contribution in [0.25, 0.3) is 0 Å². The van der Waals surface area contributed by atoms with Crippen LogP contribution in [0.1, 0.15) is 17.0 Å². The van der Waals surface area contributed by atoms with Crippen LogP contribution < -0.4 is 0 Å². The lowest BCUT2D eigenvalue weighted by molar-refractivity contribution is 0.902. The molecule has 17 heavy (non-hydrogen) atoms. The van der Waals surface area contributed by atoms with E-state index in [9.17, 15) is 0 Å². The molecule has 0 atom stereocenters. The van der Waals surface area contributed by atoms with E-state index in [-0.39, 0.29) is 0 Å². The molecule has 0 radical (unpaired) electrons. The van der Waals surface area contributed by atoms with Crippen molar-refractivity contribution in [3.05, 3.63) is 47.3 Å². The fourth-order valence-electron chi connectivity index (χ4n) is 1.47. The second kappa shape index (κ2) is 4.98. The number of hydrogen-bond acceptors (Lipinski definition) is 4. The van der Waals surface area contributed by atoms with Crippen LogP contribution in [0, 0.1) is 25.2 Å². The first-order valence-electron chi connectivity index (χ1n) is 5.17. The van der Waals surface area contributed by atoms with Gasteiger partial charge in [-0.15, -0.1) is 0 Å². The summed E-state index contributed by atoms with van der Waals surface area (Å²) in [6.45, 7) is 3.90. The van der Waals surface area contributed by atoms with Crippen molar-refractivity contribution in [3.8, 4) is 6.07 Å². The Morgan fingerprint density at radius 3 is 2.47 bits per heavy atom. The third-order valence-corrected chi connectivity index (χ3v) is 2.99. The van der Waals surface area contributed by atoms with Gasteiger partial charge in [0.2, 0.25) is 0 Å². The predicted octanol–water partition coefficient (Wildman–Crippen LogP) is 3.12. The first-order chi connectivity index (χ1) is 8.17. The van der Waals surface area contributed by atoms with Crippen molar-refractivity contribution in [1.29, 1.82) is 5.26 Å². The lowest BCUT2D eigenvalue weighted by Gasteiger charge is -2.03. The van der Waals surface area contributed by atoms with Gasteiger partial charge in [-0.05, 0) is 49.9 Å². The smallest absolute Gasteiger partial charge is 0.192 e. The van der Waals surface area contributed by atoms with Crippen LogP contribution >= 0.6 is 11.8 Å². The minimum Gasteiger partial charge on any atom is -0.228 e. The van der Waals surface area contributed by atoms with Gasteiger partial charge in [0.05, 0.1) is 11.6 Å². The van der Waals surface area contributed by atoms with E-state index in [1.54, 1.807) is 6.07 Å². The van der Waals surface area contributed by atoms with Crippen LogP contribution in [-0.2, 0) is 0 Å². The minimum absolute atomic E-state index is 0.652. The van der Waals surface area contributed by atoms with Gasteiger partial charge in [0.25, 0.3) is 0 Å². The number of aromatic nitrogens is 2. The Bertz CT molecular complexity index is 567.